The number of rotatable bonds is 5. The lowest BCUT2D eigenvalue weighted by Gasteiger charge is -2.22. The van der Waals surface area contributed by atoms with Crippen LogP contribution in [0.4, 0.5) is 5.69 Å². The Hall–Kier alpha value is -3.37. The maximum absolute atomic E-state index is 12.9. The van der Waals surface area contributed by atoms with E-state index in [2.05, 4.69) is 25.5 Å². The first-order valence-corrected chi connectivity index (χ1v) is 10.5. The molecule has 4 aromatic heterocycles. The molecule has 4 aromatic rings. The predicted molar refractivity (Wildman–Crippen MR) is 112 cm³/mol. The molecule has 1 aliphatic rings. The first kappa shape index (κ1) is 18.6. The molecule has 5 rings (SSSR count). The summed E-state index contributed by atoms with van der Waals surface area (Å²) in [6.45, 7) is 1.42. The summed E-state index contributed by atoms with van der Waals surface area (Å²) in [4.78, 5) is 21.7. The molecule has 1 saturated heterocycles. The van der Waals surface area contributed by atoms with Crippen LogP contribution in [-0.4, -0.2) is 49.1 Å². The minimum absolute atomic E-state index is 0.235. The number of anilines is 1. The number of carbonyl (C=O) groups is 1. The molecule has 1 aliphatic heterocycles. The zero-order valence-corrected chi connectivity index (χ0v) is 16.8. The molecule has 0 unspecified atom stereocenters. The number of hydrogen-bond acceptors (Lipinski definition) is 7. The molecule has 0 saturated carbocycles. The summed E-state index contributed by atoms with van der Waals surface area (Å²) >= 11 is 1.40. The van der Waals surface area contributed by atoms with Gasteiger partial charge in [-0.3, -0.25) is 19.6 Å². The summed E-state index contributed by atoms with van der Waals surface area (Å²) in [7, 11) is 0. The molecule has 0 aromatic carbocycles. The summed E-state index contributed by atoms with van der Waals surface area (Å²) < 4.78 is 7.38. The van der Waals surface area contributed by atoms with Crippen LogP contribution < -0.4 is 5.32 Å². The van der Waals surface area contributed by atoms with Crippen LogP contribution in [0, 0.1) is 0 Å². The molecule has 5 heterocycles. The van der Waals surface area contributed by atoms with Gasteiger partial charge < -0.3 is 10.1 Å². The molecule has 0 aliphatic carbocycles. The van der Waals surface area contributed by atoms with Crippen molar-refractivity contribution in [3.63, 3.8) is 0 Å². The van der Waals surface area contributed by atoms with Crippen molar-refractivity contribution in [3.8, 4) is 22.0 Å². The number of nitrogens with one attached hydrogen (secondary N) is 2. The van der Waals surface area contributed by atoms with Crippen LogP contribution in [0.3, 0.4) is 0 Å². The number of ether oxygens (including phenoxy) is 1. The molecule has 1 amide bonds. The Morgan fingerprint density at radius 2 is 2.20 bits per heavy atom. The molecule has 152 valence electrons. The Bertz CT molecular complexity index is 1130. The van der Waals surface area contributed by atoms with Crippen molar-refractivity contribution in [3.05, 3.63) is 54.1 Å². The van der Waals surface area contributed by atoms with Crippen molar-refractivity contribution in [1.29, 1.82) is 0 Å². The second kappa shape index (κ2) is 8.17. The summed E-state index contributed by atoms with van der Waals surface area (Å²) in [6.07, 6.45) is 8.79. The Morgan fingerprint density at radius 1 is 1.30 bits per heavy atom. The number of amides is 1. The third-order valence-electron chi connectivity index (χ3n) is 4.93. The second-order valence-electron chi connectivity index (χ2n) is 6.91. The normalized spacial score (nSPS) is 14.7. The highest BCUT2D eigenvalue weighted by molar-refractivity contribution is 7.13. The third kappa shape index (κ3) is 3.74. The van der Waals surface area contributed by atoms with Crippen molar-refractivity contribution in [2.24, 2.45) is 0 Å². The Kier molecular flexibility index (Phi) is 5.08. The van der Waals surface area contributed by atoms with Gasteiger partial charge in [-0.1, -0.05) is 6.07 Å². The summed E-state index contributed by atoms with van der Waals surface area (Å²) in [5, 5.41) is 16.9. The number of thiazole rings is 1. The fraction of sp³-hybridized carbons (Fsp3) is 0.250. The predicted octanol–water partition coefficient (Wildman–Crippen LogP) is 3.40. The highest BCUT2D eigenvalue weighted by Gasteiger charge is 2.22. The van der Waals surface area contributed by atoms with E-state index >= 15 is 0 Å². The maximum Gasteiger partial charge on any atom is 0.275 e. The average molecular weight is 421 g/mol. The molecule has 10 heteroatoms. The third-order valence-corrected chi connectivity index (χ3v) is 5.83. The molecule has 0 atom stereocenters. The largest absolute Gasteiger partial charge is 0.381 e. The highest BCUT2D eigenvalue weighted by atomic mass is 32.1. The van der Waals surface area contributed by atoms with Gasteiger partial charge in [-0.25, -0.2) is 4.98 Å². The molecular weight excluding hydrogens is 402 g/mol. The number of aromatic amines is 1. The fourth-order valence-electron chi connectivity index (χ4n) is 3.38. The van der Waals surface area contributed by atoms with Crippen molar-refractivity contribution in [1.82, 2.24) is 29.9 Å². The molecule has 30 heavy (non-hydrogen) atoms. The van der Waals surface area contributed by atoms with Crippen LogP contribution in [-0.2, 0) is 4.74 Å². The Labute approximate surface area is 176 Å². The lowest BCUT2D eigenvalue weighted by atomic mass is 10.1. The Balaban J connectivity index is 1.44. The van der Waals surface area contributed by atoms with E-state index in [0.29, 0.717) is 36.0 Å². The number of H-pyrrole nitrogens is 1. The molecule has 0 bridgehead atoms. The summed E-state index contributed by atoms with van der Waals surface area (Å²) in [5.74, 6) is -0.287. The van der Waals surface area contributed by atoms with Crippen LogP contribution in [0.2, 0.25) is 0 Å². The second-order valence-corrected chi connectivity index (χ2v) is 7.77. The number of pyridine rings is 1. The van der Waals surface area contributed by atoms with Gasteiger partial charge in [0.05, 0.1) is 23.6 Å². The van der Waals surface area contributed by atoms with Crippen LogP contribution in [0.1, 0.15) is 29.4 Å². The van der Waals surface area contributed by atoms with E-state index in [1.807, 2.05) is 29.1 Å². The van der Waals surface area contributed by atoms with Gasteiger partial charge in [0.2, 0.25) is 0 Å². The van der Waals surface area contributed by atoms with Crippen LogP contribution in [0.25, 0.3) is 22.0 Å². The minimum Gasteiger partial charge on any atom is -0.381 e. The molecule has 0 spiro atoms. The molecule has 9 nitrogen and oxygen atoms in total. The lowest BCUT2D eigenvalue weighted by molar-refractivity contribution is 0.0663. The number of aromatic nitrogens is 6. The van der Waals surface area contributed by atoms with Crippen molar-refractivity contribution >= 4 is 22.9 Å². The smallest absolute Gasteiger partial charge is 0.275 e. The molecule has 1 fully saturated rings. The van der Waals surface area contributed by atoms with Gasteiger partial charge in [0.1, 0.15) is 16.4 Å². The van der Waals surface area contributed by atoms with Gasteiger partial charge in [0.15, 0.2) is 0 Å². The first-order valence-electron chi connectivity index (χ1n) is 9.62. The van der Waals surface area contributed by atoms with E-state index < -0.39 is 0 Å². The van der Waals surface area contributed by atoms with Gasteiger partial charge in [-0.2, -0.15) is 10.2 Å². The van der Waals surface area contributed by atoms with E-state index in [1.54, 1.807) is 24.0 Å². The quantitative estimate of drug-likeness (QED) is 0.511. The maximum atomic E-state index is 12.9. The van der Waals surface area contributed by atoms with E-state index in [0.717, 1.165) is 23.4 Å². The fourth-order valence-corrected chi connectivity index (χ4v) is 4.16. The van der Waals surface area contributed by atoms with E-state index in [-0.39, 0.29) is 11.9 Å². The number of hydrogen-bond donors (Lipinski definition) is 2. The Morgan fingerprint density at radius 3 is 2.97 bits per heavy atom. The van der Waals surface area contributed by atoms with Gasteiger partial charge in [0, 0.05) is 42.7 Å². The van der Waals surface area contributed by atoms with Crippen LogP contribution in [0.15, 0.2) is 48.4 Å². The standard InChI is InChI=1S/C20H19N7O2S/c28-19(17-12-30-20(25-17)13-9-22-23-10-13)24-16-11-27(14-4-7-29-8-5-14)26-18(16)15-3-1-2-6-21-15/h1-3,6,9-12,14H,4-5,7-8H2,(H,22,23)(H,24,28). The van der Waals surface area contributed by atoms with E-state index in [4.69, 9.17) is 9.84 Å². The zero-order chi connectivity index (χ0) is 20.3. The van der Waals surface area contributed by atoms with Gasteiger partial charge in [0.25, 0.3) is 5.91 Å². The average Bonchev–Trinajstić information content (AvgIpc) is 3.55. The molecular formula is C20H19N7O2S. The van der Waals surface area contributed by atoms with Gasteiger partial charge in [-0.15, -0.1) is 11.3 Å². The first-order chi connectivity index (χ1) is 14.8. The SMILES string of the molecule is O=C(Nc1cn(C2CCOCC2)nc1-c1ccccn1)c1csc(-c2cn[nH]c2)n1. The number of nitrogens with zero attached hydrogens (tertiary/aromatic N) is 5. The zero-order valence-electron chi connectivity index (χ0n) is 16.0. The molecule has 2 N–H and O–H groups in total. The summed E-state index contributed by atoms with van der Waals surface area (Å²) in [5.41, 5.74) is 3.15. The summed E-state index contributed by atoms with van der Waals surface area (Å²) in [6, 6.07) is 5.87. The van der Waals surface area contributed by atoms with Gasteiger partial charge >= 0.3 is 0 Å². The van der Waals surface area contributed by atoms with Crippen molar-refractivity contribution < 1.29 is 9.53 Å². The topological polar surface area (TPSA) is 111 Å². The van der Waals surface area contributed by atoms with E-state index in [1.165, 1.54) is 11.3 Å². The monoisotopic (exact) mass is 421 g/mol. The van der Waals surface area contributed by atoms with Crippen molar-refractivity contribution in [2.75, 3.05) is 18.5 Å². The highest BCUT2D eigenvalue weighted by Crippen LogP contribution is 2.30. The lowest BCUT2D eigenvalue weighted by Crippen LogP contribution is -2.20. The van der Waals surface area contributed by atoms with E-state index in [9.17, 15) is 4.79 Å². The van der Waals surface area contributed by atoms with Crippen LogP contribution in [0.5, 0.6) is 0 Å². The number of carbonyl (C=O) groups excluding carboxylic acids is 1. The minimum atomic E-state index is -0.287. The van der Waals surface area contributed by atoms with Gasteiger partial charge in [-0.05, 0) is 25.0 Å². The van der Waals surface area contributed by atoms with Crippen molar-refractivity contribution in [2.45, 2.75) is 18.9 Å². The molecule has 0 radical (unpaired) electrons. The van der Waals surface area contributed by atoms with Crippen LogP contribution >= 0.6 is 11.3 Å².